The summed E-state index contributed by atoms with van der Waals surface area (Å²) in [4.78, 5) is 10.6. The van der Waals surface area contributed by atoms with Gasteiger partial charge in [0.25, 0.3) is 0 Å². The number of hydrogen-bond acceptors (Lipinski definition) is 4. The second-order valence-electron chi connectivity index (χ2n) is 8.29. The molecular formula is C22H34O5. The molecule has 0 aromatic carbocycles. The Bertz CT molecular complexity index is 541. The molecule has 4 aliphatic rings. The van der Waals surface area contributed by atoms with E-state index in [-0.39, 0.29) is 36.3 Å². The largest absolute Gasteiger partial charge is 0.481 e. The first-order valence-corrected chi connectivity index (χ1v) is 10.6. The molecule has 0 spiro atoms. The van der Waals surface area contributed by atoms with Gasteiger partial charge in [0.2, 0.25) is 0 Å². The van der Waals surface area contributed by atoms with Crippen LogP contribution in [0.2, 0.25) is 0 Å². The van der Waals surface area contributed by atoms with Crippen molar-refractivity contribution in [3.05, 3.63) is 24.3 Å². The highest BCUT2D eigenvalue weighted by Crippen LogP contribution is 2.55. The first-order valence-electron chi connectivity index (χ1n) is 10.6. The predicted octanol–water partition coefficient (Wildman–Crippen LogP) is 4.00. The number of aliphatic hydroxyl groups excluding tert-OH is 1. The van der Waals surface area contributed by atoms with Crippen LogP contribution >= 0.6 is 0 Å². The van der Waals surface area contributed by atoms with Gasteiger partial charge in [0, 0.05) is 25.2 Å². The maximum Gasteiger partial charge on any atom is 0.303 e. The van der Waals surface area contributed by atoms with Crippen molar-refractivity contribution in [2.75, 3.05) is 0 Å². The Morgan fingerprint density at radius 1 is 1.22 bits per heavy atom. The van der Waals surface area contributed by atoms with Crippen molar-refractivity contribution in [3.63, 3.8) is 0 Å². The summed E-state index contributed by atoms with van der Waals surface area (Å²) in [6.45, 7) is 2.17. The molecule has 6 atom stereocenters. The fourth-order valence-electron chi connectivity index (χ4n) is 4.80. The number of carbonyl (C=O) groups is 1. The summed E-state index contributed by atoms with van der Waals surface area (Å²) in [5, 5.41) is 19.0. The molecule has 27 heavy (non-hydrogen) atoms. The van der Waals surface area contributed by atoms with Crippen molar-refractivity contribution >= 4 is 5.97 Å². The zero-order valence-corrected chi connectivity index (χ0v) is 16.4. The Kier molecular flexibility index (Phi) is 7.12. The molecule has 4 rings (SSSR count). The monoisotopic (exact) mass is 378 g/mol. The Morgan fingerprint density at radius 2 is 2.07 bits per heavy atom. The second-order valence-corrected chi connectivity index (χ2v) is 8.29. The van der Waals surface area contributed by atoms with E-state index in [1.165, 1.54) is 0 Å². The van der Waals surface area contributed by atoms with Gasteiger partial charge in [-0.05, 0) is 25.7 Å². The number of aliphatic hydroxyl groups is 1. The lowest BCUT2D eigenvalue weighted by molar-refractivity contribution is -0.137. The normalized spacial score (nSPS) is 35.6. The smallest absolute Gasteiger partial charge is 0.303 e. The summed E-state index contributed by atoms with van der Waals surface area (Å²) in [5.74, 6) is -0.473. The van der Waals surface area contributed by atoms with Gasteiger partial charge in [-0.3, -0.25) is 4.79 Å². The van der Waals surface area contributed by atoms with Crippen molar-refractivity contribution < 1.29 is 24.5 Å². The number of aliphatic carboxylic acids is 1. The Hall–Kier alpha value is -1.17. The van der Waals surface area contributed by atoms with E-state index in [4.69, 9.17) is 14.6 Å². The van der Waals surface area contributed by atoms with Crippen LogP contribution in [0.25, 0.3) is 0 Å². The molecule has 0 aromatic rings. The van der Waals surface area contributed by atoms with E-state index in [0.29, 0.717) is 6.42 Å². The SMILES string of the molecule is CCCCCC(O)C=C[C@@]12CC3OC(CC3O1)[C@@H]2CC=CCCCC(=O)O. The third-order valence-electron chi connectivity index (χ3n) is 6.22. The molecule has 0 aliphatic carbocycles. The molecule has 4 aliphatic heterocycles. The van der Waals surface area contributed by atoms with Gasteiger partial charge in [-0.2, -0.15) is 0 Å². The summed E-state index contributed by atoms with van der Waals surface area (Å²) >= 11 is 0. The van der Waals surface area contributed by atoms with Gasteiger partial charge >= 0.3 is 5.97 Å². The lowest BCUT2D eigenvalue weighted by Crippen LogP contribution is -2.48. The lowest BCUT2D eigenvalue weighted by atomic mass is 9.76. The number of carboxylic acids is 1. The number of unbranched alkanes of at least 4 members (excludes halogenated alkanes) is 3. The Balaban J connectivity index is 1.56. The summed E-state index contributed by atoms with van der Waals surface area (Å²) in [6, 6.07) is 0. The molecule has 4 fully saturated rings. The standard InChI is InChI=1S/C22H34O5/c1-2-3-6-9-16(23)12-13-22-15-20-19(27-22)14-18(26-20)17(22)10-7-4-5-8-11-21(24)25/h4,7,12-13,16-20,23H,2-3,5-6,8-11,14-15H2,1H3,(H,24,25)/t16?,17-,18?,19?,20?,22-/m0/s1. The van der Waals surface area contributed by atoms with Crippen molar-refractivity contribution in [1.29, 1.82) is 0 Å². The summed E-state index contributed by atoms with van der Waals surface area (Å²) in [6.07, 6.45) is 17.1. The fraction of sp³-hybridized carbons (Fsp3) is 0.773. The first kappa shape index (κ1) is 20.6. The predicted molar refractivity (Wildman–Crippen MR) is 104 cm³/mol. The van der Waals surface area contributed by atoms with Crippen LogP contribution in [0.1, 0.15) is 71.1 Å². The van der Waals surface area contributed by atoms with Gasteiger partial charge < -0.3 is 19.7 Å². The molecule has 152 valence electrons. The number of carboxylic acid groups (broad SMARTS) is 1. The van der Waals surface area contributed by atoms with E-state index < -0.39 is 12.1 Å². The quantitative estimate of drug-likeness (QED) is 0.396. The van der Waals surface area contributed by atoms with Crippen molar-refractivity contribution in [2.45, 2.75) is 101 Å². The van der Waals surface area contributed by atoms with Crippen LogP contribution in [0, 0.1) is 5.92 Å². The molecule has 4 bridgehead atoms. The average Bonchev–Trinajstić information content (AvgIpc) is 3.09. The maximum atomic E-state index is 10.6. The molecule has 0 saturated carbocycles. The van der Waals surface area contributed by atoms with Crippen molar-refractivity contribution in [1.82, 2.24) is 0 Å². The molecule has 4 saturated heterocycles. The molecule has 5 heteroatoms. The second kappa shape index (κ2) is 9.35. The van der Waals surface area contributed by atoms with Gasteiger partial charge in [0.05, 0.1) is 30.0 Å². The van der Waals surface area contributed by atoms with Crippen LogP contribution in [0.3, 0.4) is 0 Å². The first-order chi connectivity index (χ1) is 13.0. The molecule has 0 radical (unpaired) electrons. The van der Waals surface area contributed by atoms with Gasteiger partial charge in [-0.25, -0.2) is 0 Å². The summed E-state index contributed by atoms with van der Waals surface area (Å²) < 4.78 is 12.6. The van der Waals surface area contributed by atoms with Crippen LogP contribution in [0.4, 0.5) is 0 Å². The number of hydrogen-bond donors (Lipinski definition) is 2. The summed E-state index contributed by atoms with van der Waals surface area (Å²) in [5.41, 5.74) is -0.312. The van der Waals surface area contributed by atoms with Crippen molar-refractivity contribution in [2.24, 2.45) is 5.92 Å². The van der Waals surface area contributed by atoms with E-state index in [2.05, 4.69) is 25.2 Å². The highest BCUT2D eigenvalue weighted by Gasteiger charge is 2.62. The van der Waals surface area contributed by atoms with Crippen LogP contribution in [0.15, 0.2) is 24.3 Å². The van der Waals surface area contributed by atoms with E-state index in [1.807, 2.05) is 6.08 Å². The van der Waals surface area contributed by atoms with E-state index in [9.17, 15) is 9.90 Å². The lowest BCUT2D eigenvalue weighted by Gasteiger charge is -2.43. The van der Waals surface area contributed by atoms with Crippen LogP contribution in [-0.4, -0.2) is 46.2 Å². The minimum absolute atomic E-state index is 0.202. The van der Waals surface area contributed by atoms with Crippen LogP contribution < -0.4 is 0 Å². The van der Waals surface area contributed by atoms with Gasteiger partial charge in [0.1, 0.15) is 0 Å². The highest BCUT2D eigenvalue weighted by molar-refractivity contribution is 5.66. The topological polar surface area (TPSA) is 76.0 Å². The minimum atomic E-state index is -0.739. The molecule has 4 unspecified atom stereocenters. The zero-order chi connectivity index (χ0) is 19.3. The zero-order valence-electron chi connectivity index (χ0n) is 16.4. The number of rotatable bonds is 12. The van der Waals surface area contributed by atoms with Gasteiger partial charge in [-0.15, -0.1) is 0 Å². The average molecular weight is 379 g/mol. The number of ether oxygens (including phenoxy) is 2. The molecule has 0 aromatic heterocycles. The molecule has 4 heterocycles. The van der Waals surface area contributed by atoms with Gasteiger partial charge in [-0.1, -0.05) is 50.5 Å². The van der Waals surface area contributed by atoms with Crippen LogP contribution in [-0.2, 0) is 14.3 Å². The fourth-order valence-corrected chi connectivity index (χ4v) is 4.80. The number of allylic oxidation sites excluding steroid dienone is 2. The molecular weight excluding hydrogens is 344 g/mol. The van der Waals surface area contributed by atoms with E-state index in [0.717, 1.165) is 51.4 Å². The maximum absolute atomic E-state index is 10.6. The third-order valence-corrected chi connectivity index (χ3v) is 6.22. The Labute approximate surface area is 162 Å². The van der Waals surface area contributed by atoms with E-state index in [1.54, 1.807) is 0 Å². The highest BCUT2D eigenvalue weighted by atomic mass is 16.6. The molecule has 0 amide bonds. The van der Waals surface area contributed by atoms with Crippen LogP contribution in [0.5, 0.6) is 0 Å². The molecule has 5 nitrogen and oxygen atoms in total. The van der Waals surface area contributed by atoms with Gasteiger partial charge in [0.15, 0.2) is 0 Å². The molecule has 2 N–H and O–H groups in total. The van der Waals surface area contributed by atoms with E-state index >= 15 is 0 Å². The summed E-state index contributed by atoms with van der Waals surface area (Å²) in [7, 11) is 0. The Morgan fingerprint density at radius 3 is 2.81 bits per heavy atom. The minimum Gasteiger partial charge on any atom is -0.481 e. The third kappa shape index (κ3) is 5.01. The van der Waals surface area contributed by atoms with Crippen molar-refractivity contribution in [3.8, 4) is 0 Å².